The summed E-state index contributed by atoms with van der Waals surface area (Å²) in [6.07, 6.45) is 1.64. The van der Waals surface area contributed by atoms with Crippen LogP contribution in [0.1, 0.15) is 44.6 Å². The molecule has 224 valence electrons. The summed E-state index contributed by atoms with van der Waals surface area (Å²) in [6.45, 7) is 8.43. The number of amides is 1. The highest BCUT2D eigenvalue weighted by molar-refractivity contribution is 6.13. The molecule has 6 rings (SSSR count). The Kier molecular flexibility index (Phi) is 7.99. The highest BCUT2D eigenvalue weighted by atomic mass is 16.3. The average Bonchev–Trinajstić information content (AvgIpc) is 3.58. The van der Waals surface area contributed by atoms with Crippen LogP contribution >= 0.6 is 0 Å². The molecule has 3 N–H and O–H groups in total. The average molecular weight is 590 g/mol. The SMILES string of the molecule is CCn1nc(C)cc1C(=O)Nc1cccc(C(=O)c2ccc3c(C=Nc4ccc(N5CCN(C)CC5)cc4)c(O)[nH]c3c2)c1. The molecule has 0 unspecified atom stereocenters. The van der Waals surface area contributed by atoms with Gasteiger partial charge >= 0.3 is 0 Å². The second-order valence-electron chi connectivity index (χ2n) is 11.1. The zero-order valence-electron chi connectivity index (χ0n) is 25.0. The van der Waals surface area contributed by atoms with Crippen molar-refractivity contribution in [2.45, 2.75) is 20.4 Å². The summed E-state index contributed by atoms with van der Waals surface area (Å²) in [5.41, 5.74) is 5.74. The number of aromatic amines is 1. The fourth-order valence-corrected chi connectivity index (χ4v) is 5.50. The first-order valence-corrected chi connectivity index (χ1v) is 14.7. The van der Waals surface area contributed by atoms with E-state index in [0.29, 0.717) is 40.1 Å². The number of aromatic nitrogens is 3. The van der Waals surface area contributed by atoms with Crippen molar-refractivity contribution in [3.63, 3.8) is 0 Å². The van der Waals surface area contributed by atoms with Gasteiger partial charge < -0.3 is 25.2 Å². The van der Waals surface area contributed by atoms with E-state index in [4.69, 9.17) is 0 Å². The molecule has 0 saturated carbocycles. The van der Waals surface area contributed by atoms with Crippen LogP contribution in [0.5, 0.6) is 5.88 Å². The van der Waals surface area contributed by atoms with Crippen LogP contribution < -0.4 is 10.2 Å². The van der Waals surface area contributed by atoms with Gasteiger partial charge in [-0.05, 0) is 69.4 Å². The summed E-state index contributed by atoms with van der Waals surface area (Å²) in [7, 11) is 2.14. The lowest BCUT2D eigenvalue weighted by molar-refractivity contribution is 0.101. The van der Waals surface area contributed by atoms with Crippen LogP contribution in [0.2, 0.25) is 0 Å². The van der Waals surface area contributed by atoms with Gasteiger partial charge in [0, 0.05) is 72.3 Å². The van der Waals surface area contributed by atoms with Gasteiger partial charge in [-0.15, -0.1) is 0 Å². The lowest BCUT2D eigenvalue weighted by Gasteiger charge is -2.34. The largest absolute Gasteiger partial charge is 0.494 e. The molecular formula is C34H35N7O3. The Morgan fingerprint density at radius 1 is 1.00 bits per heavy atom. The van der Waals surface area contributed by atoms with Gasteiger partial charge in [-0.1, -0.05) is 24.3 Å². The maximum absolute atomic E-state index is 13.4. The molecule has 1 saturated heterocycles. The molecule has 5 aromatic rings. The molecule has 0 radical (unpaired) electrons. The molecule has 1 aliphatic heterocycles. The van der Waals surface area contributed by atoms with Crippen LogP contribution in [0, 0.1) is 6.92 Å². The summed E-state index contributed by atoms with van der Waals surface area (Å²) in [5.74, 6) is -0.517. The van der Waals surface area contributed by atoms with Gasteiger partial charge in [0.2, 0.25) is 0 Å². The monoisotopic (exact) mass is 589 g/mol. The van der Waals surface area contributed by atoms with Crippen molar-refractivity contribution in [3.05, 3.63) is 101 Å². The first kappa shape index (κ1) is 28.9. The minimum absolute atomic E-state index is 0.0197. The van der Waals surface area contributed by atoms with Gasteiger partial charge in [0.1, 0.15) is 5.69 Å². The topological polar surface area (TPSA) is 119 Å². The molecule has 1 aliphatic rings. The highest BCUT2D eigenvalue weighted by Crippen LogP contribution is 2.29. The fraction of sp³-hybridized carbons (Fsp3) is 0.235. The molecule has 3 heterocycles. The van der Waals surface area contributed by atoms with Crippen molar-refractivity contribution in [2.24, 2.45) is 4.99 Å². The standard InChI is InChI=1S/C34H35N7O3/c1-4-41-31(18-22(2)38-41)34(44)36-26-7-5-6-23(19-26)32(42)24-8-13-28-29(33(43)37-30(28)20-24)21-35-25-9-11-27(12-10-25)40-16-14-39(3)15-17-40/h5-13,18-21,37,43H,4,14-17H2,1-3H3,(H,36,44). The predicted molar refractivity (Wildman–Crippen MR) is 174 cm³/mol. The number of likely N-dealkylation sites (N-methyl/N-ethyl adjacent to an activating group) is 1. The third kappa shape index (κ3) is 5.97. The molecule has 1 fully saturated rings. The van der Waals surface area contributed by atoms with Gasteiger partial charge in [-0.2, -0.15) is 5.10 Å². The molecule has 0 aliphatic carbocycles. The van der Waals surface area contributed by atoms with Gasteiger partial charge in [0.05, 0.1) is 16.9 Å². The second kappa shape index (κ2) is 12.2. The smallest absolute Gasteiger partial charge is 0.273 e. The third-order valence-corrected chi connectivity index (χ3v) is 7.96. The number of aryl methyl sites for hydroxylation is 2. The number of carbonyl (C=O) groups is 2. The number of hydrogen-bond donors (Lipinski definition) is 3. The molecule has 0 atom stereocenters. The molecular weight excluding hydrogens is 554 g/mol. The number of aromatic hydroxyl groups is 1. The van der Waals surface area contributed by atoms with Gasteiger partial charge in [0.15, 0.2) is 11.7 Å². The van der Waals surface area contributed by atoms with Crippen molar-refractivity contribution in [3.8, 4) is 5.88 Å². The summed E-state index contributed by atoms with van der Waals surface area (Å²) in [5, 5.41) is 18.6. The van der Waals surface area contributed by atoms with E-state index in [2.05, 4.69) is 49.4 Å². The lowest BCUT2D eigenvalue weighted by Crippen LogP contribution is -2.44. The van der Waals surface area contributed by atoms with Crippen LogP contribution in [0.25, 0.3) is 10.9 Å². The summed E-state index contributed by atoms with van der Waals surface area (Å²) < 4.78 is 1.64. The lowest BCUT2D eigenvalue weighted by atomic mass is 10.0. The van der Waals surface area contributed by atoms with Crippen molar-refractivity contribution in [1.29, 1.82) is 0 Å². The maximum Gasteiger partial charge on any atom is 0.273 e. The molecule has 1 amide bonds. The van der Waals surface area contributed by atoms with E-state index in [-0.39, 0.29) is 17.6 Å². The Morgan fingerprint density at radius 3 is 2.50 bits per heavy atom. The number of nitrogens with zero attached hydrogens (tertiary/aromatic N) is 5. The number of carbonyl (C=O) groups excluding carboxylic acids is 2. The Bertz CT molecular complexity index is 1860. The van der Waals surface area contributed by atoms with Crippen molar-refractivity contribution in [2.75, 3.05) is 43.4 Å². The van der Waals surface area contributed by atoms with E-state index in [9.17, 15) is 14.7 Å². The van der Waals surface area contributed by atoms with Gasteiger partial charge in [-0.25, -0.2) is 0 Å². The fourth-order valence-electron chi connectivity index (χ4n) is 5.50. The third-order valence-electron chi connectivity index (χ3n) is 7.96. The first-order valence-electron chi connectivity index (χ1n) is 14.7. The molecule has 3 aromatic carbocycles. The Morgan fingerprint density at radius 2 is 1.75 bits per heavy atom. The predicted octanol–water partition coefficient (Wildman–Crippen LogP) is 5.38. The number of fused-ring (bicyclic) bond motifs is 1. The van der Waals surface area contributed by atoms with E-state index in [1.807, 2.05) is 26.0 Å². The van der Waals surface area contributed by atoms with Crippen molar-refractivity contribution in [1.82, 2.24) is 19.7 Å². The molecule has 44 heavy (non-hydrogen) atoms. The molecule has 2 aromatic heterocycles. The summed E-state index contributed by atoms with van der Waals surface area (Å²) in [4.78, 5) is 38.6. The second-order valence-corrected chi connectivity index (χ2v) is 11.1. The van der Waals surface area contributed by atoms with Gasteiger partial charge in [-0.3, -0.25) is 19.3 Å². The molecule has 10 nitrogen and oxygen atoms in total. The first-order chi connectivity index (χ1) is 21.3. The minimum atomic E-state index is -0.291. The van der Waals surface area contributed by atoms with Crippen LogP contribution in [0.4, 0.5) is 17.1 Å². The Hall–Kier alpha value is -5.22. The summed E-state index contributed by atoms with van der Waals surface area (Å²) >= 11 is 0. The minimum Gasteiger partial charge on any atom is -0.494 e. The van der Waals surface area contributed by atoms with E-state index in [1.54, 1.807) is 59.4 Å². The normalized spacial score (nSPS) is 14.0. The maximum atomic E-state index is 13.4. The van der Waals surface area contributed by atoms with Crippen LogP contribution in [-0.4, -0.2) is 75.9 Å². The van der Waals surface area contributed by atoms with Crippen molar-refractivity contribution >= 4 is 45.9 Å². The number of rotatable bonds is 8. The van der Waals surface area contributed by atoms with Crippen LogP contribution in [0.15, 0.2) is 77.8 Å². The number of aliphatic imine (C=N–C) groups is 1. The molecule has 10 heteroatoms. The van der Waals surface area contributed by atoms with Gasteiger partial charge in [0.25, 0.3) is 5.91 Å². The summed E-state index contributed by atoms with van der Waals surface area (Å²) in [6, 6.07) is 21.9. The number of piperazine rings is 1. The van der Waals surface area contributed by atoms with E-state index >= 15 is 0 Å². The number of hydrogen-bond acceptors (Lipinski definition) is 7. The van der Waals surface area contributed by atoms with Crippen LogP contribution in [-0.2, 0) is 6.54 Å². The van der Waals surface area contributed by atoms with E-state index in [0.717, 1.165) is 42.9 Å². The zero-order valence-corrected chi connectivity index (χ0v) is 25.0. The van der Waals surface area contributed by atoms with E-state index < -0.39 is 0 Å². The quantitative estimate of drug-likeness (QED) is 0.165. The molecule has 0 spiro atoms. The number of H-pyrrole nitrogens is 1. The van der Waals surface area contributed by atoms with E-state index in [1.165, 1.54) is 5.69 Å². The number of nitrogens with one attached hydrogen (secondary N) is 2. The highest BCUT2D eigenvalue weighted by Gasteiger charge is 2.17. The number of anilines is 2. The number of ketones is 1. The number of benzene rings is 3. The Labute approximate surface area is 255 Å². The Balaban J connectivity index is 1.17. The van der Waals surface area contributed by atoms with Crippen molar-refractivity contribution < 1.29 is 14.7 Å². The zero-order chi connectivity index (χ0) is 30.8. The molecule has 0 bridgehead atoms. The van der Waals surface area contributed by atoms with Crippen LogP contribution in [0.3, 0.4) is 0 Å².